The van der Waals surface area contributed by atoms with E-state index in [1.807, 2.05) is 27.7 Å². The van der Waals surface area contributed by atoms with E-state index in [9.17, 15) is 9.59 Å². The summed E-state index contributed by atoms with van der Waals surface area (Å²) < 4.78 is 5.45. The third-order valence-corrected chi connectivity index (χ3v) is 5.25. The fourth-order valence-corrected chi connectivity index (χ4v) is 3.12. The second-order valence-electron chi connectivity index (χ2n) is 7.43. The van der Waals surface area contributed by atoms with Gasteiger partial charge in [0, 0.05) is 12.8 Å². The highest BCUT2D eigenvalue weighted by molar-refractivity contribution is 5.80. The van der Waals surface area contributed by atoms with Gasteiger partial charge >= 0.3 is 5.97 Å². The molecule has 1 atom stereocenters. The minimum absolute atomic E-state index is 0.198. The molecular formula is C18H32O3. The van der Waals surface area contributed by atoms with Gasteiger partial charge in [0.25, 0.3) is 0 Å². The van der Waals surface area contributed by atoms with Crippen LogP contribution in [0.1, 0.15) is 86.0 Å². The molecule has 0 spiro atoms. The first-order valence-corrected chi connectivity index (χ1v) is 8.47. The monoisotopic (exact) mass is 296 g/mol. The van der Waals surface area contributed by atoms with Crippen molar-refractivity contribution in [2.24, 2.45) is 10.8 Å². The van der Waals surface area contributed by atoms with Crippen LogP contribution < -0.4 is 0 Å². The fourth-order valence-electron chi connectivity index (χ4n) is 3.12. The molecule has 3 nitrogen and oxygen atoms in total. The molecule has 0 aromatic rings. The van der Waals surface area contributed by atoms with Gasteiger partial charge in [-0.15, -0.1) is 0 Å². The zero-order chi connectivity index (χ0) is 16.1. The Hall–Kier alpha value is -0.860. The summed E-state index contributed by atoms with van der Waals surface area (Å²) in [6.45, 7) is 9.76. The maximum absolute atomic E-state index is 12.3. The van der Waals surface area contributed by atoms with Crippen molar-refractivity contribution < 1.29 is 14.3 Å². The number of hydrogen-bond acceptors (Lipinski definition) is 3. The van der Waals surface area contributed by atoms with Gasteiger partial charge in [-0.3, -0.25) is 9.59 Å². The predicted molar refractivity (Wildman–Crippen MR) is 85.1 cm³/mol. The smallest absolute Gasteiger partial charge is 0.311 e. The fraction of sp³-hybridized carbons (Fsp3) is 0.889. The van der Waals surface area contributed by atoms with Gasteiger partial charge in [0.05, 0.1) is 5.41 Å². The molecule has 1 unspecified atom stereocenters. The number of ketones is 1. The van der Waals surface area contributed by atoms with Gasteiger partial charge < -0.3 is 4.74 Å². The van der Waals surface area contributed by atoms with Gasteiger partial charge in [-0.2, -0.15) is 0 Å². The van der Waals surface area contributed by atoms with Crippen LogP contribution in [0.4, 0.5) is 0 Å². The Labute approximate surface area is 129 Å². The molecule has 0 radical (unpaired) electrons. The van der Waals surface area contributed by atoms with E-state index in [4.69, 9.17) is 4.74 Å². The Bertz CT molecular complexity index is 365. The zero-order valence-electron chi connectivity index (χ0n) is 14.5. The third kappa shape index (κ3) is 5.12. The lowest BCUT2D eigenvalue weighted by Crippen LogP contribution is -2.30. The summed E-state index contributed by atoms with van der Waals surface area (Å²) in [5.74, 6) is 0.0460. The van der Waals surface area contributed by atoms with Crippen LogP contribution in [0.15, 0.2) is 0 Å². The van der Waals surface area contributed by atoms with Gasteiger partial charge in [-0.05, 0) is 45.4 Å². The molecule has 0 saturated heterocycles. The van der Waals surface area contributed by atoms with Crippen LogP contribution in [0.2, 0.25) is 0 Å². The first-order valence-electron chi connectivity index (χ1n) is 8.47. The summed E-state index contributed by atoms with van der Waals surface area (Å²) >= 11 is 0. The van der Waals surface area contributed by atoms with E-state index in [2.05, 4.69) is 6.92 Å². The van der Waals surface area contributed by atoms with Crippen LogP contribution in [0, 0.1) is 10.8 Å². The number of carbonyl (C=O) groups is 2. The Morgan fingerprint density at radius 1 is 1.19 bits per heavy atom. The molecule has 1 aliphatic rings. The number of carbonyl (C=O) groups excluding carboxylic acids is 2. The molecule has 1 rings (SSSR count). The van der Waals surface area contributed by atoms with Crippen molar-refractivity contribution in [1.29, 1.82) is 0 Å². The van der Waals surface area contributed by atoms with E-state index in [-0.39, 0.29) is 23.3 Å². The molecule has 3 heteroatoms. The van der Waals surface area contributed by atoms with Crippen LogP contribution in [-0.2, 0) is 14.3 Å². The van der Waals surface area contributed by atoms with Crippen LogP contribution >= 0.6 is 0 Å². The summed E-state index contributed by atoms with van der Waals surface area (Å²) in [7, 11) is 0. The van der Waals surface area contributed by atoms with E-state index in [1.54, 1.807) is 0 Å². The van der Waals surface area contributed by atoms with Crippen molar-refractivity contribution in [3.8, 4) is 0 Å². The number of hydrogen-bond donors (Lipinski definition) is 0. The summed E-state index contributed by atoms with van der Waals surface area (Å²) in [6.07, 6.45) is 7.36. The molecule has 1 saturated carbocycles. The van der Waals surface area contributed by atoms with Crippen molar-refractivity contribution in [3.63, 3.8) is 0 Å². The molecule has 0 amide bonds. The standard InChI is InChI=1S/C18H32O3/c1-6-17(4,5)16(20)21-14(3)12-15(19)13-18(7-2)10-8-9-11-18/h14H,6-13H2,1-5H3. The quantitative estimate of drug-likeness (QED) is 0.611. The van der Waals surface area contributed by atoms with Crippen molar-refractivity contribution in [2.45, 2.75) is 92.1 Å². The average Bonchev–Trinajstić information content (AvgIpc) is 2.87. The zero-order valence-corrected chi connectivity index (χ0v) is 14.5. The highest BCUT2D eigenvalue weighted by Crippen LogP contribution is 2.44. The van der Waals surface area contributed by atoms with Gasteiger partial charge in [0.2, 0.25) is 0 Å². The first kappa shape index (κ1) is 18.2. The minimum Gasteiger partial charge on any atom is -0.462 e. The van der Waals surface area contributed by atoms with Crippen molar-refractivity contribution in [1.82, 2.24) is 0 Å². The second-order valence-corrected chi connectivity index (χ2v) is 7.43. The molecule has 0 heterocycles. The number of Topliss-reactive ketones (excluding diaryl/α,β-unsaturated/α-hetero) is 1. The van der Waals surface area contributed by atoms with Crippen molar-refractivity contribution >= 4 is 11.8 Å². The topological polar surface area (TPSA) is 43.4 Å². The molecule has 0 bridgehead atoms. The molecule has 1 fully saturated rings. The molecular weight excluding hydrogens is 264 g/mol. The molecule has 0 aromatic heterocycles. The molecule has 122 valence electrons. The largest absolute Gasteiger partial charge is 0.462 e. The molecule has 1 aliphatic carbocycles. The van der Waals surface area contributed by atoms with Crippen molar-refractivity contribution in [2.75, 3.05) is 0 Å². The number of ether oxygens (including phenoxy) is 1. The second kappa shape index (κ2) is 7.42. The Morgan fingerprint density at radius 3 is 2.24 bits per heavy atom. The van der Waals surface area contributed by atoms with Gasteiger partial charge in [-0.1, -0.05) is 33.1 Å². The highest BCUT2D eigenvalue weighted by Gasteiger charge is 2.35. The van der Waals surface area contributed by atoms with E-state index in [1.165, 1.54) is 25.7 Å². The van der Waals surface area contributed by atoms with Crippen LogP contribution in [0.25, 0.3) is 0 Å². The molecule has 0 aromatic carbocycles. The molecule has 0 N–H and O–H groups in total. The van der Waals surface area contributed by atoms with Crippen LogP contribution in [0.3, 0.4) is 0 Å². The summed E-state index contributed by atoms with van der Waals surface area (Å²) in [5, 5.41) is 0. The Kier molecular flexibility index (Phi) is 6.42. The Balaban J connectivity index is 2.45. The average molecular weight is 296 g/mol. The van der Waals surface area contributed by atoms with E-state index in [0.29, 0.717) is 12.8 Å². The summed E-state index contributed by atoms with van der Waals surface area (Å²) in [5.41, 5.74) is -0.239. The van der Waals surface area contributed by atoms with Crippen LogP contribution in [-0.4, -0.2) is 17.9 Å². The molecule has 0 aliphatic heterocycles. The highest BCUT2D eigenvalue weighted by atomic mass is 16.5. The van der Waals surface area contributed by atoms with Gasteiger partial charge in [0.1, 0.15) is 11.9 Å². The SMILES string of the molecule is CCC1(CC(=O)CC(C)OC(=O)C(C)(C)CC)CCCC1. The predicted octanol–water partition coefficient (Wildman–Crippen LogP) is 4.67. The maximum Gasteiger partial charge on any atom is 0.311 e. The van der Waals surface area contributed by atoms with E-state index < -0.39 is 5.41 Å². The number of esters is 1. The number of rotatable bonds is 8. The lowest BCUT2D eigenvalue weighted by atomic mass is 9.78. The van der Waals surface area contributed by atoms with E-state index >= 15 is 0 Å². The van der Waals surface area contributed by atoms with E-state index in [0.717, 1.165) is 12.8 Å². The summed E-state index contributed by atoms with van der Waals surface area (Å²) in [4.78, 5) is 24.3. The van der Waals surface area contributed by atoms with Crippen LogP contribution in [0.5, 0.6) is 0 Å². The minimum atomic E-state index is -0.465. The van der Waals surface area contributed by atoms with Crippen molar-refractivity contribution in [3.05, 3.63) is 0 Å². The van der Waals surface area contributed by atoms with Gasteiger partial charge in [0.15, 0.2) is 0 Å². The normalized spacial score (nSPS) is 19.3. The molecule has 21 heavy (non-hydrogen) atoms. The lowest BCUT2D eigenvalue weighted by molar-refractivity contribution is -0.159. The van der Waals surface area contributed by atoms with Gasteiger partial charge in [-0.25, -0.2) is 0 Å². The lowest BCUT2D eigenvalue weighted by Gasteiger charge is -2.27. The third-order valence-electron chi connectivity index (χ3n) is 5.25. The Morgan fingerprint density at radius 2 is 1.76 bits per heavy atom. The first-order chi connectivity index (χ1) is 9.74. The maximum atomic E-state index is 12.3. The summed E-state index contributed by atoms with van der Waals surface area (Å²) in [6, 6.07) is 0.